The van der Waals surface area contributed by atoms with Crippen LogP contribution in [0.2, 0.25) is 0 Å². The lowest BCUT2D eigenvalue weighted by molar-refractivity contribution is -0.130. The SMILES string of the molecule is CCOC(=O)N1CCC(NC(=O)C2CC(=O)N(C(C)C)C2)CC1. The maximum atomic E-state index is 12.3. The van der Waals surface area contributed by atoms with Gasteiger partial charge in [0.05, 0.1) is 12.5 Å². The molecule has 130 valence electrons. The standard InChI is InChI=1S/C16H27N3O4/c1-4-23-16(22)18-7-5-13(6-8-18)17-15(21)12-9-14(20)19(10-12)11(2)3/h11-13H,4-10H2,1-3H3,(H,17,21). The summed E-state index contributed by atoms with van der Waals surface area (Å²) in [5.74, 6) is -0.249. The third-order valence-corrected chi connectivity index (χ3v) is 4.52. The van der Waals surface area contributed by atoms with Crippen LogP contribution in [0, 0.1) is 5.92 Å². The highest BCUT2D eigenvalue weighted by Gasteiger charge is 2.36. The van der Waals surface area contributed by atoms with Crippen LogP contribution >= 0.6 is 0 Å². The molecule has 3 amide bonds. The van der Waals surface area contributed by atoms with Crippen molar-refractivity contribution in [3.8, 4) is 0 Å². The first kappa shape index (κ1) is 17.6. The van der Waals surface area contributed by atoms with Gasteiger partial charge in [0.2, 0.25) is 11.8 Å². The summed E-state index contributed by atoms with van der Waals surface area (Å²) in [7, 11) is 0. The van der Waals surface area contributed by atoms with Crippen molar-refractivity contribution in [1.29, 1.82) is 0 Å². The van der Waals surface area contributed by atoms with Gasteiger partial charge in [0.25, 0.3) is 0 Å². The van der Waals surface area contributed by atoms with Crippen LogP contribution in [-0.2, 0) is 14.3 Å². The average molecular weight is 325 g/mol. The van der Waals surface area contributed by atoms with Crippen molar-refractivity contribution in [3.05, 3.63) is 0 Å². The summed E-state index contributed by atoms with van der Waals surface area (Å²) >= 11 is 0. The van der Waals surface area contributed by atoms with Gasteiger partial charge < -0.3 is 19.9 Å². The molecule has 1 N–H and O–H groups in total. The fraction of sp³-hybridized carbons (Fsp3) is 0.812. The Labute approximate surface area is 137 Å². The number of carbonyl (C=O) groups is 3. The van der Waals surface area contributed by atoms with Gasteiger partial charge in [0.1, 0.15) is 0 Å². The Morgan fingerprint density at radius 2 is 1.96 bits per heavy atom. The molecule has 0 aromatic carbocycles. The molecule has 0 aliphatic carbocycles. The van der Waals surface area contributed by atoms with Crippen LogP contribution in [-0.4, -0.2) is 66.0 Å². The second-order valence-electron chi connectivity index (χ2n) is 6.51. The summed E-state index contributed by atoms with van der Waals surface area (Å²) in [5.41, 5.74) is 0. The normalized spacial score (nSPS) is 22.6. The van der Waals surface area contributed by atoms with E-state index in [9.17, 15) is 14.4 Å². The molecule has 7 heteroatoms. The van der Waals surface area contributed by atoms with E-state index in [-0.39, 0.29) is 35.9 Å². The minimum Gasteiger partial charge on any atom is -0.450 e. The fourth-order valence-electron chi connectivity index (χ4n) is 3.15. The highest BCUT2D eigenvalue weighted by atomic mass is 16.6. The maximum absolute atomic E-state index is 12.3. The second-order valence-corrected chi connectivity index (χ2v) is 6.51. The molecule has 0 spiro atoms. The van der Waals surface area contributed by atoms with Crippen molar-refractivity contribution < 1.29 is 19.1 Å². The van der Waals surface area contributed by atoms with Gasteiger partial charge in [0.15, 0.2) is 0 Å². The Morgan fingerprint density at radius 3 is 2.48 bits per heavy atom. The molecule has 0 bridgehead atoms. The molecule has 2 rings (SSSR count). The predicted octanol–water partition coefficient (Wildman–Crippen LogP) is 0.980. The topological polar surface area (TPSA) is 79.0 Å². The van der Waals surface area contributed by atoms with Crippen molar-refractivity contribution in [2.75, 3.05) is 26.2 Å². The molecule has 0 aromatic heterocycles. The summed E-state index contributed by atoms with van der Waals surface area (Å²) < 4.78 is 4.98. The molecule has 2 fully saturated rings. The summed E-state index contributed by atoms with van der Waals surface area (Å²) in [6.07, 6.45) is 1.45. The zero-order chi connectivity index (χ0) is 17.0. The van der Waals surface area contributed by atoms with Gasteiger partial charge in [-0.3, -0.25) is 9.59 Å². The molecule has 2 heterocycles. The number of rotatable bonds is 4. The summed E-state index contributed by atoms with van der Waals surface area (Å²) in [4.78, 5) is 39.3. The molecule has 0 aromatic rings. The minimum atomic E-state index is -0.286. The molecule has 7 nitrogen and oxygen atoms in total. The first-order valence-corrected chi connectivity index (χ1v) is 8.43. The van der Waals surface area contributed by atoms with Crippen molar-refractivity contribution in [2.45, 2.75) is 52.1 Å². The number of hydrogen-bond donors (Lipinski definition) is 1. The van der Waals surface area contributed by atoms with Crippen LogP contribution in [0.3, 0.4) is 0 Å². The van der Waals surface area contributed by atoms with Crippen molar-refractivity contribution in [2.24, 2.45) is 5.92 Å². The quantitative estimate of drug-likeness (QED) is 0.836. The lowest BCUT2D eigenvalue weighted by Gasteiger charge is -2.32. The highest BCUT2D eigenvalue weighted by Crippen LogP contribution is 2.21. The monoisotopic (exact) mass is 325 g/mol. The molecule has 2 aliphatic heterocycles. The zero-order valence-electron chi connectivity index (χ0n) is 14.2. The minimum absolute atomic E-state index is 0.0453. The van der Waals surface area contributed by atoms with Gasteiger partial charge in [-0.2, -0.15) is 0 Å². The molecular weight excluding hydrogens is 298 g/mol. The third-order valence-electron chi connectivity index (χ3n) is 4.52. The van der Waals surface area contributed by atoms with Gasteiger partial charge in [-0.05, 0) is 33.6 Å². The summed E-state index contributed by atoms with van der Waals surface area (Å²) in [5, 5.41) is 3.04. The number of likely N-dealkylation sites (tertiary alicyclic amines) is 2. The summed E-state index contributed by atoms with van der Waals surface area (Å²) in [6, 6.07) is 0.199. The van der Waals surface area contributed by atoms with E-state index in [1.54, 1.807) is 16.7 Å². The smallest absolute Gasteiger partial charge is 0.409 e. The Bertz CT molecular complexity index is 458. The molecule has 1 unspecified atom stereocenters. The number of hydrogen-bond acceptors (Lipinski definition) is 4. The number of carbonyl (C=O) groups excluding carboxylic acids is 3. The number of amides is 3. The van der Waals surface area contributed by atoms with Gasteiger partial charge in [-0.25, -0.2) is 4.79 Å². The van der Waals surface area contributed by atoms with Gasteiger partial charge in [0, 0.05) is 38.1 Å². The van der Waals surface area contributed by atoms with Crippen molar-refractivity contribution in [1.82, 2.24) is 15.1 Å². The Kier molecular flexibility index (Phi) is 5.85. The molecule has 23 heavy (non-hydrogen) atoms. The van der Waals surface area contributed by atoms with Gasteiger partial charge in [-0.15, -0.1) is 0 Å². The van der Waals surface area contributed by atoms with Crippen molar-refractivity contribution >= 4 is 17.9 Å². The van der Waals surface area contributed by atoms with Crippen LogP contribution in [0.1, 0.15) is 40.0 Å². The van der Waals surface area contributed by atoms with E-state index in [0.29, 0.717) is 32.7 Å². The van der Waals surface area contributed by atoms with E-state index in [0.717, 1.165) is 12.8 Å². The van der Waals surface area contributed by atoms with E-state index in [2.05, 4.69) is 5.32 Å². The second kappa shape index (κ2) is 7.66. The first-order valence-electron chi connectivity index (χ1n) is 8.43. The number of nitrogens with zero attached hydrogens (tertiary/aromatic N) is 2. The van der Waals surface area contributed by atoms with E-state index in [4.69, 9.17) is 4.74 Å². The van der Waals surface area contributed by atoms with Crippen molar-refractivity contribution in [3.63, 3.8) is 0 Å². The molecule has 0 radical (unpaired) electrons. The maximum Gasteiger partial charge on any atom is 0.409 e. The van der Waals surface area contributed by atoms with Crippen LogP contribution in [0.4, 0.5) is 4.79 Å². The van der Waals surface area contributed by atoms with Gasteiger partial charge in [-0.1, -0.05) is 0 Å². The fourth-order valence-corrected chi connectivity index (χ4v) is 3.15. The molecular formula is C16H27N3O4. The number of ether oxygens (including phenoxy) is 1. The third kappa shape index (κ3) is 4.36. The van der Waals surface area contributed by atoms with E-state index < -0.39 is 0 Å². The van der Waals surface area contributed by atoms with Crippen LogP contribution in [0.25, 0.3) is 0 Å². The molecule has 2 saturated heterocycles. The first-order chi connectivity index (χ1) is 10.9. The van der Waals surface area contributed by atoms with Crippen LogP contribution in [0.15, 0.2) is 0 Å². The Morgan fingerprint density at radius 1 is 1.30 bits per heavy atom. The predicted molar refractivity (Wildman–Crippen MR) is 84.7 cm³/mol. The largest absolute Gasteiger partial charge is 0.450 e. The molecule has 0 saturated carbocycles. The average Bonchev–Trinajstić information content (AvgIpc) is 2.90. The molecule has 2 aliphatic rings. The Hall–Kier alpha value is -1.79. The molecule has 1 atom stereocenters. The zero-order valence-corrected chi connectivity index (χ0v) is 14.2. The van der Waals surface area contributed by atoms with E-state index in [1.807, 2.05) is 13.8 Å². The van der Waals surface area contributed by atoms with Crippen LogP contribution in [0.5, 0.6) is 0 Å². The lowest BCUT2D eigenvalue weighted by Crippen LogP contribution is -2.48. The summed E-state index contributed by atoms with van der Waals surface area (Å²) in [6.45, 7) is 7.76. The Balaban J connectivity index is 1.77. The van der Waals surface area contributed by atoms with E-state index >= 15 is 0 Å². The number of piperidine rings is 1. The van der Waals surface area contributed by atoms with Gasteiger partial charge >= 0.3 is 6.09 Å². The highest BCUT2D eigenvalue weighted by molar-refractivity contribution is 5.89. The number of nitrogens with one attached hydrogen (secondary N) is 1. The van der Waals surface area contributed by atoms with E-state index in [1.165, 1.54) is 0 Å². The lowest BCUT2D eigenvalue weighted by atomic mass is 10.0. The van der Waals surface area contributed by atoms with Crippen LogP contribution < -0.4 is 5.32 Å².